The van der Waals surface area contributed by atoms with Crippen molar-refractivity contribution in [2.75, 3.05) is 32.5 Å². The van der Waals surface area contributed by atoms with Gasteiger partial charge >= 0.3 is 0 Å². The van der Waals surface area contributed by atoms with Gasteiger partial charge in [0.25, 0.3) is 0 Å². The Morgan fingerprint density at radius 2 is 2.15 bits per heavy atom. The fourth-order valence-corrected chi connectivity index (χ4v) is 2.60. The van der Waals surface area contributed by atoms with Gasteiger partial charge in [-0.3, -0.25) is 9.59 Å². The van der Waals surface area contributed by atoms with Crippen LogP contribution in [0.2, 0.25) is 0 Å². The van der Waals surface area contributed by atoms with Gasteiger partial charge in [0.15, 0.2) is 0 Å². The van der Waals surface area contributed by atoms with Crippen molar-refractivity contribution in [3.8, 4) is 0 Å². The molecule has 2 amide bonds. The number of benzene rings is 1. The Labute approximate surface area is 119 Å². The third kappa shape index (κ3) is 2.76. The van der Waals surface area contributed by atoms with Crippen LogP contribution in [0.5, 0.6) is 0 Å². The molecule has 0 bridgehead atoms. The average molecular weight is 275 g/mol. The number of carbonyl (C=O) groups is 2. The zero-order valence-electron chi connectivity index (χ0n) is 12.1. The van der Waals surface area contributed by atoms with E-state index in [-0.39, 0.29) is 23.7 Å². The van der Waals surface area contributed by atoms with E-state index in [0.717, 1.165) is 11.3 Å². The van der Waals surface area contributed by atoms with Crippen molar-refractivity contribution >= 4 is 17.5 Å². The number of fused-ring (bicyclic) bond motifs is 1. The maximum Gasteiger partial charge on any atom is 0.231 e. The Kier molecular flexibility index (Phi) is 4.27. The van der Waals surface area contributed by atoms with E-state index in [1.54, 1.807) is 19.0 Å². The SMILES string of the molecule is CNC(=O)C(C)CN(C)C(=O)C1CNc2ccccc21. The van der Waals surface area contributed by atoms with E-state index < -0.39 is 0 Å². The lowest BCUT2D eigenvalue weighted by Crippen LogP contribution is -2.39. The average Bonchev–Trinajstić information content (AvgIpc) is 2.89. The van der Waals surface area contributed by atoms with Gasteiger partial charge in [-0.25, -0.2) is 0 Å². The van der Waals surface area contributed by atoms with Crippen LogP contribution in [0.25, 0.3) is 0 Å². The van der Waals surface area contributed by atoms with Crippen LogP contribution in [0.3, 0.4) is 0 Å². The molecule has 5 heteroatoms. The molecule has 1 aliphatic rings. The summed E-state index contributed by atoms with van der Waals surface area (Å²) in [7, 11) is 3.36. The zero-order chi connectivity index (χ0) is 14.7. The van der Waals surface area contributed by atoms with Gasteiger partial charge in [0.05, 0.1) is 11.8 Å². The van der Waals surface area contributed by atoms with E-state index in [4.69, 9.17) is 0 Å². The van der Waals surface area contributed by atoms with Crippen LogP contribution in [0.15, 0.2) is 24.3 Å². The lowest BCUT2D eigenvalue weighted by Gasteiger charge is -2.23. The molecule has 0 radical (unpaired) electrons. The Hall–Kier alpha value is -2.04. The standard InChI is InChI=1S/C15H21N3O2/c1-10(14(19)16-2)9-18(3)15(20)12-8-17-13-7-5-4-6-11(12)13/h4-7,10,12,17H,8-9H2,1-3H3,(H,16,19). The van der Waals surface area contributed by atoms with Crippen LogP contribution < -0.4 is 10.6 Å². The lowest BCUT2D eigenvalue weighted by atomic mass is 9.99. The van der Waals surface area contributed by atoms with Crippen molar-refractivity contribution in [2.24, 2.45) is 5.92 Å². The first-order valence-corrected chi connectivity index (χ1v) is 6.84. The van der Waals surface area contributed by atoms with E-state index in [1.165, 1.54) is 0 Å². The predicted molar refractivity (Wildman–Crippen MR) is 78.5 cm³/mol. The van der Waals surface area contributed by atoms with Gasteiger partial charge in [0, 0.05) is 32.9 Å². The lowest BCUT2D eigenvalue weighted by molar-refractivity contribution is -0.133. The first-order chi connectivity index (χ1) is 9.54. The summed E-state index contributed by atoms with van der Waals surface area (Å²) >= 11 is 0. The first kappa shape index (κ1) is 14.4. The molecule has 2 unspecified atom stereocenters. The largest absolute Gasteiger partial charge is 0.384 e. The Bertz CT molecular complexity index is 516. The van der Waals surface area contributed by atoms with Crippen molar-refractivity contribution in [3.63, 3.8) is 0 Å². The van der Waals surface area contributed by atoms with Gasteiger partial charge in [0.2, 0.25) is 11.8 Å². The highest BCUT2D eigenvalue weighted by Gasteiger charge is 2.31. The second-order valence-electron chi connectivity index (χ2n) is 5.25. The molecule has 0 saturated carbocycles. The molecule has 108 valence electrons. The third-order valence-corrected chi connectivity index (χ3v) is 3.75. The molecule has 0 fully saturated rings. The zero-order valence-corrected chi connectivity index (χ0v) is 12.1. The van der Waals surface area contributed by atoms with Gasteiger partial charge in [-0.1, -0.05) is 25.1 Å². The maximum atomic E-state index is 12.5. The van der Waals surface area contributed by atoms with E-state index >= 15 is 0 Å². The summed E-state index contributed by atoms with van der Waals surface area (Å²) in [5.74, 6) is -0.362. The molecule has 1 aliphatic heterocycles. The van der Waals surface area contributed by atoms with Gasteiger partial charge in [0.1, 0.15) is 0 Å². The number of hydrogen-bond acceptors (Lipinski definition) is 3. The second kappa shape index (κ2) is 5.94. The summed E-state index contributed by atoms with van der Waals surface area (Å²) in [4.78, 5) is 25.7. The van der Waals surface area contributed by atoms with Crippen LogP contribution in [-0.2, 0) is 9.59 Å². The monoisotopic (exact) mass is 275 g/mol. The molecule has 1 aromatic rings. The van der Waals surface area contributed by atoms with Crippen molar-refractivity contribution in [2.45, 2.75) is 12.8 Å². The number of nitrogens with one attached hydrogen (secondary N) is 2. The number of amides is 2. The fourth-order valence-electron chi connectivity index (χ4n) is 2.60. The molecule has 20 heavy (non-hydrogen) atoms. The molecule has 1 heterocycles. The Morgan fingerprint density at radius 1 is 1.45 bits per heavy atom. The molecular formula is C15H21N3O2. The van der Waals surface area contributed by atoms with E-state index in [1.807, 2.05) is 31.2 Å². The highest BCUT2D eigenvalue weighted by Crippen LogP contribution is 2.32. The Balaban J connectivity index is 2.04. The molecule has 0 aliphatic carbocycles. The molecule has 1 aromatic carbocycles. The minimum atomic E-state index is -0.210. The van der Waals surface area contributed by atoms with Crippen LogP contribution in [0.1, 0.15) is 18.4 Å². The van der Waals surface area contributed by atoms with Crippen molar-refractivity contribution in [1.29, 1.82) is 0 Å². The van der Waals surface area contributed by atoms with Gasteiger partial charge in [-0.15, -0.1) is 0 Å². The second-order valence-corrected chi connectivity index (χ2v) is 5.25. The normalized spacial score (nSPS) is 17.9. The molecule has 0 saturated heterocycles. The minimum Gasteiger partial charge on any atom is -0.384 e. The highest BCUT2D eigenvalue weighted by molar-refractivity contribution is 5.88. The van der Waals surface area contributed by atoms with Gasteiger partial charge in [-0.2, -0.15) is 0 Å². The maximum absolute atomic E-state index is 12.5. The van der Waals surface area contributed by atoms with Crippen molar-refractivity contribution < 1.29 is 9.59 Å². The van der Waals surface area contributed by atoms with E-state index in [9.17, 15) is 9.59 Å². The number of likely N-dealkylation sites (N-methyl/N-ethyl adjacent to an activating group) is 1. The summed E-state index contributed by atoms with van der Waals surface area (Å²) in [6, 6.07) is 7.86. The molecule has 2 atom stereocenters. The molecular weight excluding hydrogens is 254 g/mol. The van der Waals surface area contributed by atoms with Crippen LogP contribution in [0.4, 0.5) is 5.69 Å². The number of hydrogen-bond donors (Lipinski definition) is 2. The van der Waals surface area contributed by atoms with E-state index in [0.29, 0.717) is 13.1 Å². The topological polar surface area (TPSA) is 61.4 Å². The van der Waals surface area contributed by atoms with Crippen LogP contribution in [0, 0.1) is 5.92 Å². The number of nitrogens with zero attached hydrogens (tertiary/aromatic N) is 1. The van der Waals surface area contributed by atoms with E-state index in [2.05, 4.69) is 10.6 Å². The van der Waals surface area contributed by atoms with Gasteiger partial charge in [-0.05, 0) is 11.6 Å². The summed E-state index contributed by atoms with van der Waals surface area (Å²) < 4.78 is 0. The molecule has 0 spiro atoms. The molecule has 5 nitrogen and oxygen atoms in total. The quantitative estimate of drug-likeness (QED) is 0.863. The smallest absolute Gasteiger partial charge is 0.231 e. The highest BCUT2D eigenvalue weighted by atomic mass is 16.2. The summed E-state index contributed by atoms with van der Waals surface area (Å²) in [5, 5.41) is 5.85. The molecule has 0 aromatic heterocycles. The summed E-state index contributed by atoms with van der Waals surface area (Å²) in [5.41, 5.74) is 2.07. The summed E-state index contributed by atoms with van der Waals surface area (Å²) in [6.07, 6.45) is 0. The third-order valence-electron chi connectivity index (χ3n) is 3.75. The summed E-state index contributed by atoms with van der Waals surface area (Å²) in [6.45, 7) is 2.87. The first-order valence-electron chi connectivity index (χ1n) is 6.84. The fraction of sp³-hybridized carbons (Fsp3) is 0.467. The molecule has 2 rings (SSSR count). The van der Waals surface area contributed by atoms with Crippen LogP contribution >= 0.6 is 0 Å². The molecule has 2 N–H and O–H groups in total. The number of anilines is 1. The van der Waals surface area contributed by atoms with Crippen LogP contribution in [-0.4, -0.2) is 43.9 Å². The van der Waals surface area contributed by atoms with Crippen molar-refractivity contribution in [1.82, 2.24) is 10.2 Å². The van der Waals surface area contributed by atoms with Gasteiger partial charge < -0.3 is 15.5 Å². The number of carbonyl (C=O) groups excluding carboxylic acids is 2. The number of para-hydroxylation sites is 1. The number of rotatable bonds is 4. The Morgan fingerprint density at radius 3 is 2.85 bits per heavy atom. The minimum absolute atomic E-state index is 0.0467. The predicted octanol–water partition coefficient (Wildman–Crippen LogP) is 1.04. The van der Waals surface area contributed by atoms with Crippen molar-refractivity contribution in [3.05, 3.63) is 29.8 Å².